The first kappa shape index (κ1) is 12.0. The van der Waals surface area contributed by atoms with Gasteiger partial charge in [-0.25, -0.2) is 0 Å². The minimum atomic E-state index is 0.354. The summed E-state index contributed by atoms with van der Waals surface area (Å²) in [7, 11) is 0. The second-order valence-electron chi connectivity index (χ2n) is 4.06. The second-order valence-corrected chi connectivity index (χ2v) is 4.98. The first-order chi connectivity index (χ1) is 7.79. The van der Waals surface area contributed by atoms with E-state index in [1.165, 1.54) is 5.56 Å². The van der Waals surface area contributed by atoms with E-state index >= 15 is 0 Å². The summed E-state index contributed by atoms with van der Waals surface area (Å²) < 4.78 is 6.56. The lowest BCUT2D eigenvalue weighted by molar-refractivity contribution is -0.00793. The standard InChI is InChI=1S/C12H17BrN2O/c13-11-3-1-2-10(6-11)8-15-4-5-16-9-12(15)7-14/h1-3,6,12H,4-5,7-9,14H2. The number of morpholine rings is 1. The highest BCUT2D eigenvalue weighted by molar-refractivity contribution is 9.10. The molecule has 0 aliphatic carbocycles. The SMILES string of the molecule is NCC1COCCN1Cc1cccc(Br)c1. The van der Waals surface area contributed by atoms with Crippen LogP contribution in [0.5, 0.6) is 0 Å². The Morgan fingerprint density at radius 2 is 2.38 bits per heavy atom. The highest BCUT2D eigenvalue weighted by atomic mass is 79.9. The van der Waals surface area contributed by atoms with E-state index in [4.69, 9.17) is 10.5 Å². The molecule has 0 radical (unpaired) electrons. The Morgan fingerprint density at radius 1 is 1.50 bits per heavy atom. The maximum Gasteiger partial charge on any atom is 0.0634 e. The molecule has 3 nitrogen and oxygen atoms in total. The van der Waals surface area contributed by atoms with E-state index in [-0.39, 0.29) is 0 Å². The van der Waals surface area contributed by atoms with Crippen LogP contribution in [0.25, 0.3) is 0 Å². The van der Waals surface area contributed by atoms with Crippen LogP contribution in [0.15, 0.2) is 28.7 Å². The Kier molecular flexibility index (Phi) is 4.35. The zero-order valence-electron chi connectivity index (χ0n) is 9.23. The molecule has 4 heteroatoms. The molecule has 88 valence electrons. The third kappa shape index (κ3) is 3.04. The van der Waals surface area contributed by atoms with Gasteiger partial charge in [0.15, 0.2) is 0 Å². The molecule has 16 heavy (non-hydrogen) atoms. The van der Waals surface area contributed by atoms with E-state index in [1.54, 1.807) is 0 Å². The van der Waals surface area contributed by atoms with E-state index in [9.17, 15) is 0 Å². The molecule has 2 rings (SSSR count). The minimum Gasteiger partial charge on any atom is -0.378 e. The van der Waals surface area contributed by atoms with Crippen molar-refractivity contribution in [2.75, 3.05) is 26.3 Å². The molecular weight excluding hydrogens is 268 g/mol. The van der Waals surface area contributed by atoms with Gasteiger partial charge in [0.1, 0.15) is 0 Å². The van der Waals surface area contributed by atoms with Crippen LogP contribution in [0.3, 0.4) is 0 Å². The number of hydrogen-bond acceptors (Lipinski definition) is 3. The van der Waals surface area contributed by atoms with Crippen LogP contribution in [0.1, 0.15) is 5.56 Å². The molecule has 0 bridgehead atoms. The van der Waals surface area contributed by atoms with Crippen LogP contribution < -0.4 is 5.73 Å². The molecule has 1 atom stereocenters. The molecule has 1 aliphatic rings. The summed E-state index contributed by atoms with van der Waals surface area (Å²) in [6, 6.07) is 8.77. The monoisotopic (exact) mass is 284 g/mol. The fourth-order valence-corrected chi connectivity index (χ4v) is 2.43. The number of hydrogen-bond donors (Lipinski definition) is 1. The largest absolute Gasteiger partial charge is 0.378 e. The highest BCUT2D eigenvalue weighted by Crippen LogP contribution is 2.16. The third-order valence-corrected chi connectivity index (χ3v) is 3.39. The average molecular weight is 285 g/mol. The Balaban J connectivity index is 2.02. The Morgan fingerprint density at radius 3 is 3.12 bits per heavy atom. The first-order valence-corrected chi connectivity index (χ1v) is 6.35. The van der Waals surface area contributed by atoms with Gasteiger partial charge in [-0.3, -0.25) is 4.90 Å². The molecule has 0 amide bonds. The smallest absolute Gasteiger partial charge is 0.0634 e. The van der Waals surface area contributed by atoms with Crippen molar-refractivity contribution in [3.8, 4) is 0 Å². The van der Waals surface area contributed by atoms with Gasteiger partial charge in [-0.05, 0) is 17.7 Å². The van der Waals surface area contributed by atoms with Crippen LogP contribution in [0.2, 0.25) is 0 Å². The van der Waals surface area contributed by atoms with Gasteiger partial charge in [0.25, 0.3) is 0 Å². The van der Waals surface area contributed by atoms with E-state index < -0.39 is 0 Å². The molecule has 1 saturated heterocycles. The van der Waals surface area contributed by atoms with Crippen LogP contribution >= 0.6 is 15.9 Å². The van der Waals surface area contributed by atoms with Crippen molar-refractivity contribution in [1.82, 2.24) is 4.90 Å². The predicted molar refractivity (Wildman–Crippen MR) is 68.2 cm³/mol. The number of benzene rings is 1. The quantitative estimate of drug-likeness (QED) is 0.917. The van der Waals surface area contributed by atoms with Gasteiger partial charge in [-0.1, -0.05) is 28.1 Å². The van der Waals surface area contributed by atoms with Gasteiger partial charge in [-0.2, -0.15) is 0 Å². The molecule has 1 aromatic carbocycles. The minimum absolute atomic E-state index is 0.354. The lowest BCUT2D eigenvalue weighted by atomic mass is 10.1. The van der Waals surface area contributed by atoms with Crippen molar-refractivity contribution in [1.29, 1.82) is 0 Å². The Hall–Kier alpha value is -0.420. The molecule has 1 heterocycles. The summed E-state index contributed by atoms with van der Waals surface area (Å²) in [4.78, 5) is 2.39. The van der Waals surface area contributed by atoms with Crippen molar-refractivity contribution >= 4 is 15.9 Å². The lowest BCUT2D eigenvalue weighted by Gasteiger charge is -2.34. The average Bonchev–Trinajstić information content (AvgIpc) is 2.30. The molecule has 1 aliphatic heterocycles. The summed E-state index contributed by atoms with van der Waals surface area (Å²) in [5.41, 5.74) is 7.06. The summed E-state index contributed by atoms with van der Waals surface area (Å²) in [5, 5.41) is 0. The maximum atomic E-state index is 5.75. The van der Waals surface area contributed by atoms with Gasteiger partial charge < -0.3 is 10.5 Å². The van der Waals surface area contributed by atoms with Crippen LogP contribution in [-0.2, 0) is 11.3 Å². The van der Waals surface area contributed by atoms with Crippen molar-refractivity contribution in [2.45, 2.75) is 12.6 Å². The number of ether oxygens (including phenoxy) is 1. The first-order valence-electron chi connectivity index (χ1n) is 5.56. The zero-order chi connectivity index (χ0) is 11.4. The van der Waals surface area contributed by atoms with Crippen molar-refractivity contribution in [2.24, 2.45) is 5.73 Å². The van der Waals surface area contributed by atoms with Crippen LogP contribution in [0, 0.1) is 0 Å². The van der Waals surface area contributed by atoms with E-state index in [0.717, 1.165) is 30.8 Å². The summed E-state index contributed by atoms with van der Waals surface area (Å²) >= 11 is 3.49. The van der Waals surface area contributed by atoms with Gasteiger partial charge in [0.05, 0.1) is 13.2 Å². The van der Waals surface area contributed by atoms with Gasteiger partial charge in [0.2, 0.25) is 0 Å². The molecule has 0 aromatic heterocycles. The topological polar surface area (TPSA) is 38.5 Å². The Labute approximate surface area is 105 Å². The van der Waals surface area contributed by atoms with Crippen molar-refractivity contribution in [3.05, 3.63) is 34.3 Å². The molecule has 1 fully saturated rings. The molecule has 2 N–H and O–H groups in total. The number of rotatable bonds is 3. The molecule has 1 aromatic rings. The van der Waals surface area contributed by atoms with E-state index in [0.29, 0.717) is 12.6 Å². The number of halogens is 1. The molecule has 1 unspecified atom stereocenters. The summed E-state index contributed by atoms with van der Waals surface area (Å²) in [5.74, 6) is 0. The maximum absolute atomic E-state index is 5.75. The zero-order valence-corrected chi connectivity index (χ0v) is 10.8. The number of nitrogens with two attached hydrogens (primary N) is 1. The summed E-state index contributed by atoms with van der Waals surface area (Å²) in [6.45, 7) is 4.14. The van der Waals surface area contributed by atoms with E-state index in [2.05, 4.69) is 39.0 Å². The second kappa shape index (κ2) is 5.77. The Bertz CT molecular complexity index is 346. The molecule has 0 spiro atoms. The highest BCUT2D eigenvalue weighted by Gasteiger charge is 2.21. The third-order valence-electron chi connectivity index (χ3n) is 2.90. The summed E-state index contributed by atoms with van der Waals surface area (Å²) in [6.07, 6.45) is 0. The van der Waals surface area contributed by atoms with Crippen LogP contribution in [0.4, 0.5) is 0 Å². The van der Waals surface area contributed by atoms with Crippen molar-refractivity contribution in [3.63, 3.8) is 0 Å². The van der Waals surface area contributed by atoms with Gasteiger partial charge in [-0.15, -0.1) is 0 Å². The molecule has 0 saturated carbocycles. The van der Waals surface area contributed by atoms with Gasteiger partial charge >= 0.3 is 0 Å². The van der Waals surface area contributed by atoms with Crippen molar-refractivity contribution < 1.29 is 4.74 Å². The predicted octanol–water partition coefficient (Wildman–Crippen LogP) is 1.61. The number of nitrogens with zero attached hydrogens (tertiary/aromatic N) is 1. The van der Waals surface area contributed by atoms with E-state index in [1.807, 2.05) is 6.07 Å². The molecular formula is C12H17BrN2O. The lowest BCUT2D eigenvalue weighted by Crippen LogP contribution is -2.48. The van der Waals surface area contributed by atoms with Crippen LogP contribution in [-0.4, -0.2) is 37.2 Å². The fourth-order valence-electron chi connectivity index (χ4n) is 1.98. The fraction of sp³-hybridized carbons (Fsp3) is 0.500. The normalized spacial score (nSPS) is 22.2. The van der Waals surface area contributed by atoms with Gasteiger partial charge in [0, 0.05) is 30.1 Å².